The molecule has 4 rings (SSSR count). The largest absolute Gasteiger partial charge is 0.289 e. The molecule has 2 N–H and O–H groups in total. The van der Waals surface area contributed by atoms with Crippen LogP contribution in [0.4, 0.5) is 5.82 Å². The van der Waals surface area contributed by atoms with Gasteiger partial charge in [-0.3, -0.25) is 15.3 Å². The minimum atomic E-state index is -0.185. The highest BCUT2D eigenvalue weighted by Crippen LogP contribution is 2.27. The van der Waals surface area contributed by atoms with E-state index < -0.39 is 0 Å². The Bertz CT molecular complexity index is 1010. The van der Waals surface area contributed by atoms with E-state index in [2.05, 4.69) is 0 Å². The standard InChI is InChI=1S/C19H11ClN2O2/c20-11-5-7-12(8-6-11)22-10-16-15(9-17(22)21)18(23)13-3-1-2-4-14(13)19(16)24/h1-10,21H/p+1. The van der Waals surface area contributed by atoms with Crippen molar-refractivity contribution in [1.82, 2.24) is 0 Å². The van der Waals surface area contributed by atoms with E-state index in [9.17, 15) is 9.59 Å². The normalized spacial score (nSPS) is 12.7. The van der Waals surface area contributed by atoms with Crippen molar-refractivity contribution < 1.29 is 14.2 Å². The highest BCUT2D eigenvalue weighted by molar-refractivity contribution is 6.30. The van der Waals surface area contributed by atoms with Gasteiger partial charge in [0.05, 0.1) is 5.56 Å². The summed E-state index contributed by atoms with van der Waals surface area (Å²) in [6.45, 7) is 0. The first-order valence-electron chi connectivity index (χ1n) is 7.36. The molecule has 1 aliphatic carbocycles. The van der Waals surface area contributed by atoms with Crippen LogP contribution in [0.5, 0.6) is 0 Å². The summed E-state index contributed by atoms with van der Waals surface area (Å²) in [5.74, 6) is 0.00896. The predicted molar refractivity (Wildman–Crippen MR) is 90.7 cm³/mol. The third-order valence-corrected chi connectivity index (χ3v) is 4.38. The number of hydrogen-bond donors (Lipinski definition) is 1. The Morgan fingerprint density at radius 3 is 2.00 bits per heavy atom. The summed E-state index contributed by atoms with van der Waals surface area (Å²) < 4.78 is 1.67. The highest BCUT2D eigenvalue weighted by atomic mass is 35.5. The average molecular weight is 336 g/mol. The number of carbonyl (C=O) groups is 2. The number of pyridine rings is 1. The Hall–Kier alpha value is -2.98. The molecule has 1 aliphatic rings. The zero-order chi connectivity index (χ0) is 16.8. The summed E-state index contributed by atoms with van der Waals surface area (Å²) in [7, 11) is 0. The number of halogens is 1. The van der Waals surface area contributed by atoms with Crippen molar-refractivity contribution in [3.63, 3.8) is 0 Å². The molecule has 0 atom stereocenters. The van der Waals surface area contributed by atoms with Crippen LogP contribution in [0.25, 0.3) is 5.69 Å². The third-order valence-electron chi connectivity index (χ3n) is 4.13. The van der Waals surface area contributed by atoms with Crippen molar-refractivity contribution >= 4 is 29.0 Å². The molecule has 0 fully saturated rings. The van der Waals surface area contributed by atoms with Gasteiger partial charge in [0.2, 0.25) is 0 Å². The van der Waals surface area contributed by atoms with Crippen LogP contribution in [0.2, 0.25) is 5.02 Å². The Kier molecular flexibility index (Phi) is 3.22. The van der Waals surface area contributed by atoms with Crippen LogP contribution in [0.1, 0.15) is 31.8 Å². The summed E-state index contributed by atoms with van der Waals surface area (Å²) >= 11 is 5.91. The molecule has 5 heteroatoms. The fourth-order valence-electron chi connectivity index (χ4n) is 2.93. The number of rotatable bonds is 1. The smallest absolute Gasteiger partial charge is 0.278 e. The van der Waals surface area contributed by atoms with E-state index in [1.165, 1.54) is 0 Å². The second-order valence-corrected chi connectivity index (χ2v) is 6.01. The molecule has 0 amide bonds. The van der Waals surface area contributed by atoms with Crippen molar-refractivity contribution in [3.05, 3.63) is 88.1 Å². The number of nitrogens with zero attached hydrogens (tertiary/aromatic N) is 1. The average Bonchev–Trinajstić information content (AvgIpc) is 2.60. The molecule has 2 aromatic carbocycles. The number of nitrogens with two attached hydrogens (primary N) is 1. The summed E-state index contributed by atoms with van der Waals surface area (Å²) in [4.78, 5) is 25.4. The van der Waals surface area contributed by atoms with Crippen LogP contribution in [-0.4, -0.2) is 11.6 Å². The summed E-state index contributed by atoms with van der Waals surface area (Å²) in [5, 5.41) is 0.607. The van der Waals surface area contributed by atoms with Gasteiger partial charge < -0.3 is 0 Å². The number of hydrogen-bond acceptors (Lipinski definition) is 3. The topological polar surface area (TPSA) is 64.0 Å². The van der Waals surface area contributed by atoms with E-state index in [0.29, 0.717) is 33.1 Å². The van der Waals surface area contributed by atoms with Crippen LogP contribution in [0.3, 0.4) is 0 Å². The molecule has 1 heterocycles. The van der Waals surface area contributed by atoms with Crippen molar-refractivity contribution in [3.8, 4) is 5.69 Å². The lowest BCUT2D eigenvalue weighted by Crippen LogP contribution is -2.37. The van der Waals surface area contributed by atoms with Gasteiger partial charge in [-0.15, -0.1) is 0 Å². The third kappa shape index (κ3) is 2.12. The lowest BCUT2D eigenvalue weighted by Gasteiger charge is -2.17. The lowest BCUT2D eigenvalue weighted by atomic mass is 9.85. The number of benzene rings is 2. The lowest BCUT2D eigenvalue weighted by molar-refractivity contribution is -0.580. The molecule has 0 saturated heterocycles. The summed E-state index contributed by atoms with van der Waals surface area (Å²) in [6, 6.07) is 15.5. The van der Waals surface area contributed by atoms with Gasteiger partial charge >= 0.3 is 0 Å². The van der Waals surface area contributed by atoms with Gasteiger partial charge in [0.25, 0.3) is 5.82 Å². The van der Waals surface area contributed by atoms with Gasteiger partial charge in [-0.1, -0.05) is 35.9 Å². The van der Waals surface area contributed by atoms with E-state index in [1.807, 2.05) is 0 Å². The van der Waals surface area contributed by atoms with Gasteiger partial charge in [-0.05, 0) is 24.3 Å². The molecule has 3 aromatic rings. The van der Waals surface area contributed by atoms with Crippen molar-refractivity contribution in [2.24, 2.45) is 0 Å². The molecule has 0 aliphatic heterocycles. The van der Waals surface area contributed by atoms with Crippen LogP contribution < -0.4 is 10.3 Å². The first-order valence-corrected chi connectivity index (χ1v) is 7.73. The molecule has 24 heavy (non-hydrogen) atoms. The Morgan fingerprint density at radius 2 is 1.38 bits per heavy atom. The number of anilines is 1. The quantitative estimate of drug-likeness (QED) is 0.544. The highest BCUT2D eigenvalue weighted by Gasteiger charge is 2.32. The van der Waals surface area contributed by atoms with E-state index in [0.717, 1.165) is 5.69 Å². The number of carbonyl (C=O) groups excluding carboxylic acids is 2. The molecule has 0 saturated carbocycles. The molecule has 0 spiro atoms. The first-order chi connectivity index (χ1) is 11.6. The molecule has 116 valence electrons. The molecule has 0 bridgehead atoms. The second-order valence-electron chi connectivity index (χ2n) is 5.58. The summed E-state index contributed by atoms with van der Waals surface area (Å²) in [6.07, 6.45) is 1.62. The first kappa shape index (κ1) is 14.6. The minimum Gasteiger partial charge on any atom is -0.289 e. The maximum Gasteiger partial charge on any atom is 0.278 e. The molecule has 4 nitrogen and oxygen atoms in total. The van der Waals surface area contributed by atoms with Gasteiger partial charge in [-0.25, -0.2) is 0 Å². The molecular formula is C19H12ClN2O2+. The van der Waals surface area contributed by atoms with E-state index in [4.69, 9.17) is 17.3 Å². The number of fused-ring (bicyclic) bond motifs is 2. The molecule has 0 radical (unpaired) electrons. The van der Waals surface area contributed by atoms with Crippen molar-refractivity contribution in [1.29, 1.82) is 0 Å². The van der Waals surface area contributed by atoms with Crippen LogP contribution in [-0.2, 0) is 0 Å². The van der Waals surface area contributed by atoms with Crippen molar-refractivity contribution in [2.45, 2.75) is 0 Å². The van der Waals surface area contributed by atoms with Crippen LogP contribution in [0.15, 0.2) is 60.8 Å². The molecule has 0 unspecified atom stereocenters. The number of aromatic nitrogens is 1. The van der Waals surface area contributed by atoms with Gasteiger partial charge in [0.15, 0.2) is 11.6 Å². The number of nitrogen functional groups attached to an aromatic ring is 1. The zero-order valence-corrected chi connectivity index (χ0v) is 13.2. The summed E-state index contributed by atoms with van der Waals surface area (Å²) in [5.41, 5.74) is 8.39. The SMILES string of the molecule is Nc1cc2c(c[n+]1-c1ccc(Cl)cc1)C(=O)c1ccccc1C2=O. The fourth-order valence-corrected chi connectivity index (χ4v) is 3.06. The van der Waals surface area contributed by atoms with E-state index in [1.54, 1.807) is 65.4 Å². The predicted octanol–water partition coefficient (Wildman–Crippen LogP) is 2.97. The molecular weight excluding hydrogens is 324 g/mol. The van der Waals surface area contributed by atoms with Gasteiger partial charge in [0.1, 0.15) is 11.9 Å². The minimum absolute atomic E-state index is 0.178. The fraction of sp³-hybridized carbons (Fsp3) is 0. The monoisotopic (exact) mass is 335 g/mol. The second kappa shape index (κ2) is 5.28. The van der Waals surface area contributed by atoms with Gasteiger partial charge in [0, 0.05) is 27.8 Å². The van der Waals surface area contributed by atoms with Crippen LogP contribution >= 0.6 is 11.6 Å². The van der Waals surface area contributed by atoms with Crippen molar-refractivity contribution in [2.75, 3.05) is 5.73 Å². The Balaban J connectivity index is 1.93. The van der Waals surface area contributed by atoms with Gasteiger partial charge in [-0.2, -0.15) is 4.57 Å². The van der Waals surface area contributed by atoms with Crippen LogP contribution in [0, 0.1) is 0 Å². The maximum absolute atomic E-state index is 12.8. The Labute approximate surface area is 143 Å². The van der Waals surface area contributed by atoms with E-state index >= 15 is 0 Å². The maximum atomic E-state index is 12.8. The zero-order valence-electron chi connectivity index (χ0n) is 12.5. The van der Waals surface area contributed by atoms with E-state index in [-0.39, 0.29) is 11.6 Å². The Morgan fingerprint density at radius 1 is 0.792 bits per heavy atom. The molecule has 1 aromatic heterocycles. The number of ketones is 2.